The van der Waals surface area contributed by atoms with Gasteiger partial charge in [-0.25, -0.2) is 0 Å². The highest BCUT2D eigenvalue weighted by atomic mass is 16.5. The van der Waals surface area contributed by atoms with Crippen molar-refractivity contribution in [3.63, 3.8) is 0 Å². The van der Waals surface area contributed by atoms with E-state index in [4.69, 9.17) is 9.15 Å². The number of furan rings is 1. The highest BCUT2D eigenvalue weighted by molar-refractivity contribution is 5.17. The largest absolute Gasteiger partial charge is 0.464 e. The predicted octanol–water partition coefficient (Wildman–Crippen LogP) is 3.00. The minimum absolute atomic E-state index is 0.148. The van der Waals surface area contributed by atoms with E-state index >= 15 is 0 Å². The number of nitrogens with zero attached hydrogens (tertiary/aromatic N) is 2. The third-order valence-electron chi connectivity index (χ3n) is 5.23. The van der Waals surface area contributed by atoms with E-state index < -0.39 is 0 Å². The molecule has 0 unspecified atom stereocenters. The molecule has 4 atom stereocenters. The second-order valence-electron chi connectivity index (χ2n) is 6.97. The van der Waals surface area contributed by atoms with Crippen LogP contribution < -0.4 is 5.32 Å². The van der Waals surface area contributed by atoms with Gasteiger partial charge < -0.3 is 14.5 Å². The molecule has 0 spiro atoms. The van der Waals surface area contributed by atoms with Crippen LogP contribution in [0.2, 0.25) is 0 Å². The zero-order valence-electron chi connectivity index (χ0n) is 13.9. The van der Waals surface area contributed by atoms with Crippen LogP contribution in [0.4, 0.5) is 0 Å². The van der Waals surface area contributed by atoms with Gasteiger partial charge in [-0.15, -0.1) is 0 Å². The first-order chi connectivity index (χ1) is 11.2. The standard InChI is InChI=1S/C18H25N3O2/c1-12-9-15(12)17-4-3-14(23-17)11-19-10-13-6-8-22-18(13)16-5-7-20-21(16)2/h3-5,7,12-13,15,18-19H,6,8-11H2,1-2H3/t12-,13-,15+,18+/m0/s1. The molecule has 1 saturated heterocycles. The fraction of sp³-hybridized carbons (Fsp3) is 0.611. The van der Waals surface area contributed by atoms with Gasteiger partial charge in [0.2, 0.25) is 0 Å². The summed E-state index contributed by atoms with van der Waals surface area (Å²) < 4.78 is 13.8. The minimum Gasteiger partial charge on any atom is -0.464 e. The van der Waals surface area contributed by atoms with Crippen LogP contribution in [0, 0.1) is 11.8 Å². The molecule has 5 nitrogen and oxygen atoms in total. The van der Waals surface area contributed by atoms with Crippen molar-refractivity contribution in [3.05, 3.63) is 41.6 Å². The quantitative estimate of drug-likeness (QED) is 0.890. The molecule has 2 aromatic heterocycles. The predicted molar refractivity (Wildman–Crippen MR) is 86.9 cm³/mol. The molecular formula is C18H25N3O2. The third-order valence-corrected chi connectivity index (χ3v) is 5.23. The van der Waals surface area contributed by atoms with E-state index in [1.165, 1.54) is 6.42 Å². The van der Waals surface area contributed by atoms with E-state index in [1.54, 1.807) is 0 Å². The molecule has 2 aromatic rings. The molecule has 5 heteroatoms. The maximum absolute atomic E-state index is 5.95. The molecule has 0 amide bonds. The number of hydrogen-bond donors (Lipinski definition) is 1. The number of ether oxygens (including phenoxy) is 1. The van der Waals surface area contributed by atoms with Gasteiger partial charge in [-0.1, -0.05) is 6.92 Å². The van der Waals surface area contributed by atoms with E-state index in [0.717, 1.165) is 49.2 Å². The van der Waals surface area contributed by atoms with E-state index in [0.29, 0.717) is 11.8 Å². The summed E-state index contributed by atoms with van der Waals surface area (Å²) in [6.07, 6.45) is 4.34. The lowest BCUT2D eigenvalue weighted by molar-refractivity contribution is 0.0836. The van der Waals surface area contributed by atoms with Gasteiger partial charge in [0.1, 0.15) is 17.6 Å². The maximum atomic E-state index is 5.95. The maximum Gasteiger partial charge on any atom is 0.117 e. The fourth-order valence-electron chi connectivity index (χ4n) is 3.62. The molecule has 2 fully saturated rings. The molecule has 23 heavy (non-hydrogen) atoms. The first kappa shape index (κ1) is 15.0. The number of aromatic nitrogens is 2. The molecule has 0 radical (unpaired) electrons. The summed E-state index contributed by atoms with van der Waals surface area (Å²) in [4.78, 5) is 0. The monoisotopic (exact) mass is 315 g/mol. The molecular weight excluding hydrogens is 290 g/mol. The topological polar surface area (TPSA) is 52.2 Å². The Bertz CT molecular complexity index is 663. The third kappa shape index (κ3) is 3.08. The van der Waals surface area contributed by atoms with E-state index in [1.807, 2.05) is 17.9 Å². The summed E-state index contributed by atoms with van der Waals surface area (Å²) in [5.41, 5.74) is 1.16. The Balaban J connectivity index is 1.30. The zero-order valence-corrected chi connectivity index (χ0v) is 13.9. The zero-order chi connectivity index (χ0) is 15.8. The Morgan fingerprint density at radius 2 is 2.22 bits per heavy atom. The molecule has 1 saturated carbocycles. The molecule has 3 heterocycles. The SMILES string of the molecule is C[C@H]1C[C@H]1c1ccc(CNC[C@@H]2CCO[C@H]2c2ccnn2C)o1. The van der Waals surface area contributed by atoms with Crippen LogP contribution in [-0.2, 0) is 18.3 Å². The minimum atomic E-state index is 0.148. The average Bonchev–Trinajstić information content (AvgIpc) is 2.98. The highest BCUT2D eigenvalue weighted by Crippen LogP contribution is 2.47. The molecule has 124 valence electrons. The lowest BCUT2D eigenvalue weighted by atomic mass is 9.99. The fourth-order valence-corrected chi connectivity index (χ4v) is 3.62. The van der Waals surface area contributed by atoms with E-state index in [2.05, 4.69) is 35.5 Å². The highest BCUT2D eigenvalue weighted by Gasteiger charge is 2.36. The van der Waals surface area contributed by atoms with Crippen LogP contribution in [0.25, 0.3) is 0 Å². The summed E-state index contributed by atoms with van der Waals surface area (Å²) in [5.74, 6) is 4.13. The van der Waals surface area contributed by atoms with Gasteiger partial charge in [-0.3, -0.25) is 4.68 Å². The van der Waals surface area contributed by atoms with Crippen molar-refractivity contribution in [2.75, 3.05) is 13.2 Å². The Morgan fingerprint density at radius 1 is 1.35 bits per heavy atom. The second-order valence-corrected chi connectivity index (χ2v) is 6.97. The Morgan fingerprint density at radius 3 is 2.96 bits per heavy atom. The van der Waals surface area contributed by atoms with Crippen LogP contribution in [0.3, 0.4) is 0 Å². The number of aryl methyl sites for hydroxylation is 1. The van der Waals surface area contributed by atoms with Gasteiger partial charge in [0.05, 0.1) is 12.2 Å². The Hall–Kier alpha value is -1.59. The second kappa shape index (κ2) is 6.13. The lowest BCUT2D eigenvalue weighted by Gasteiger charge is -2.19. The van der Waals surface area contributed by atoms with Gasteiger partial charge in [0.25, 0.3) is 0 Å². The van der Waals surface area contributed by atoms with Crippen LogP contribution >= 0.6 is 0 Å². The molecule has 1 N–H and O–H groups in total. The van der Waals surface area contributed by atoms with Crippen LogP contribution in [-0.4, -0.2) is 22.9 Å². The van der Waals surface area contributed by atoms with Gasteiger partial charge in [0, 0.05) is 38.2 Å². The van der Waals surface area contributed by atoms with Gasteiger partial charge in [-0.05, 0) is 37.0 Å². The molecule has 0 bridgehead atoms. The van der Waals surface area contributed by atoms with E-state index in [9.17, 15) is 0 Å². The van der Waals surface area contributed by atoms with Crippen LogP contribution in [0.15, 0.2) is 28.8 Å². The average molecular weight is 315 g/mol. The van der Waals surface area contributed by atoms with Crippen molar-refractivity contribution < 1.29 is 9.15 Å². The van der Waals surface area contributed by atoms with Crippen LogP contribution in [0.5, 0.6) is 0 Å². The first-order valence-electron chi connectivity index (χ1n) is 8.61. The Labute approximate surface area is 137 Å². The lowest BCUT2D eigenvalue weighted by Crippen LogP contribution is -2.25. The number of hydrogen-bond acceptors (Lipinski definition) is 4. The van der Waals surface area contributed by atoms with Crippen molar-refractivity contribution in [3.8, 4) is 0 Å². The number of rotatable bonds is 6. The van der Waals surface area contributed by atoms with Gasteiger partial charge in [0.15, 0.2) is 0 Å². The van der Waals surface area contributed by atoms with Crippen molar-refractivity contribution in [1.82, 2.24) is 15.1 Å². The van der Waals surface area contributed by atoms with Crippen LogP contribution in [0.1, 0.15) is 49.0 Å². The smallest absolute Gasteiger partial charge is 0.117 e. The summed E-state index contributed by atoms with van der Waals surface area (Å²) in [6.45, 7) is 4.83. The summed E-state index contributed by atoms with van der Waals surface area (Å²) in [5, 5.41) is 7.79. The molecule has 1 aliphatic carbocycles. The van der Waals surface area contributed by atoms with Crippen molar-refractivity contribution in [1.29, 1.82) is 0 Å². The Kier molecular flexibility index (Phi) is 3.99. The van der Waals surface area contributed by atoms with E-state index in [-0.39, 0.29) is 6.10 Å². The summed E-state index contributed by atoms with van der Waals surface area (Å²) in [7, 11) is 1.98. The molecule has 1 aliphatic heterocycles. The van der Waals surface area contributed by atoms with Crippen molar-refractivity contribution >= 4 is 0 Å². The summed E-state index contributed by atoms with van der Waals surface area (Å²) >= 11 is 0. The molecule has 2 aliphatic rings. The van der Waals surface area contributed by atoms with Gasteiger partial charge in [-0.2, -0.15) is 5.10 Å². The first-order valence-corrected chi connectivity index (χ1v) is 8.61. The van der Waals surface area contributed by atoms with Gasteiger partial charge >= 0.3 is 0 Å². The normalized spacial score (nSPS) is 30.0. The number of nitrogens with one attached hydrogen (secondary N) is 1. The van der Waals surface area contributed by atoms with Crippen molar-refractivity contribution in [2.24, 2.45) is 18.9 Å². The molecule has 0 aromatic carbocycles. The van der Waals surface area contributed by atoms with Crippen molar-refractivity contribution in [2.45, 2.75) is 38.3 Å². The summed E-state index contributed by atoms with van der Waals surface area (Å²) in [6, 6.07) is 6.30. The molecule has 4 rings (SSSR count).